The summed E-state index contributed by atoms with van der Waals surface area (Å²) in [4.78, 5) is 24.4. The van der Waals surface area contributed by atoms with Crippen LogP contribution in [0.3, 0.4) is 0 Å². The van der Waals surface area contributed by atoms with E-state index >= 15 is 0 Å². The molecule has 0 unspecified atom stereocenters. The summed E-state index contributed by atoms with van der Waals surface area (Å²) in [6, 6.07) is 15.7. The van der Waals surface area contributed by atoms with Gasteiger partial charge in [0, 0.05) is 11.8 Å². The van der Waals surface area contributed by atoms with Crippen LogP contribution in [0.4, 0.5) is 4.79 Å². The van der Waals surface area contributed by atoms with E-state index in [1.165, 1.54) is 11.1 Å². The number of benzene rings is 2. The third kappa shape index (κ3) is 5.49. The molecule has 1 aliphatic heterocycles. The maximum atomic E-state index is 12.7. The fourth-order valence-corrected chi connectivity index (χ4v) is 3.98. The van der Waals surface area contributed by atoms with E-state index in [0.717, 1.165) is 16.7 Å². The number of nitrogens with one attached hydrogen (secondary N) is 3. The molecule has 5 N–H and O–H groups in total. The Balaban J connectivity index is 1.46. The SMILES string of the molecule is C=C1NC(=O)NC(C(=O)N[C@H](C)c2cccc(-c3cnn(Cc4ccc(C(C)(C)C)cc4)c3)c2)=C1N. The fraction of sp³-hybridized carbons (Fsp3) is 0.250. The van der Waals surface area contributed by atoms with E-state index in [2.05, 4.69) is 72.7 Å². The molecular weight excluding hydrogens is 452 g/mol. The van der Waals surface area contributed by atoms with Gasteiger partial charge in [0.15, 0.2) is 0 Å². The Labute approximate surface area is 211 Å². The predicted molar refractivity (Wildman–Crippen MR) is 140 cm³/mol. The van der Waals surface area contributed by atoms with Gasteiger partial charge in [-0.3, -0.25) is 9.48 Å². The Morgan fingerprint density at radius 2 is 1.86 bits per heavy atom. The summed E-state index contributed by atoms with van der Waals surface area (Å²) in [6.07, 6.45) is 3.86. The van der Waals surface area contributed by atoms with E-state index in [1.807, 2.05) is 48.3 Å². The summed E-state index contributed by atoms with van der Waals surface area (Å²) in [7, 11) is 0. The van der Waals surface area contributed by atoms with Gasteiger partial charge in [-0.1, -0.05) is 69.8 Å². The highest BCUT2D eigenvalue weighted by molar-refractivity contribution is 6.00. The second kappa shape index (κ2) is 9.73. The summed E-state index contributed by atoms with van der Waals surface area (Å²) in [6.45, 7) is 12.8. The zero-order valence-corrected chi connectivity index (χ0v) is 21.1. The van der Waals surface area contributed by atoms with Gasteiger partial charge in [-0.25, -0.2) is 4.79 Å². The normalized spacial score (nSPS) is 14.8. The Hall–Kier alpha value is -4.33. The summed E-state index contributed by atoms with van der Waals surface area (Å²) >= 11 is 0. The molecule has 0 fully saturated rings. The van der Waals surface area contributed by atoms with Crippen molar-refractivity contribution in [1.29, 1.82) is 0 Å². The van der Waals surface area contributed by atoms with Crippen molar-refractivity contribution >= 4 is 11.9 Å². The molecule has 8 nitrogen and oxygen atoms in total. The smallest absolute Gasteiger partial charge is 0.323 e. The van der Waals surface area contributed by atoms with Crippen LogP contribution in [-0.2, 0) is 16.8 Å². The van der Waals surface area contributed by atoms with Crippen molar-refractivity contribution in [2.75, 3.05) is 0 Å². The van der Waals surface area contributed by atoms with Gasteiger partial charge in [0.1, 0.15) is 5.70 Å². The van der Waals surface area contributed by atoms with Gasteiger partial charge in [0.25, 0.3) is 5.91 Å². The molecule has 3 aromatic rings. The molecular formula is C28H32N6O2. The lowest BCUT2D eigenvalue weighted by atomic mass is 9.87. The number of urea groups is 1. The van der Waals surface area contributed by atoms with Crippen LogP contribution in [0.1, 0.15) is 50.4 Å². The number of carbonyl (C=O) groups is 2. The second-order valence-corrected chi connectivity index (χ2v) is 10.0. The van der Waals surface area contributed by atoms with Gasteiger partial charge in [0.05, 0.1) is 30.2 Å². The first-order valence-corrected chi connectivity index (χ1v) is 11.8. The first kappa shape index (κ1) is 24.8. The average Bonchev–Trinajstić information content (AvgIpc) is 3.29. The maximum absolute atomic E-state index is 12.7. The van der Waals surface area contributed by atoms with Gasteiger partial charge in [-0.05, 0) is 40.7 Å². The Kier molecular flexibility index (Phi) is 6.70. The van der Waals surface area contributed by atoms with Crippen LogP contribution in [0.25, 0.3) is 11.1 Å². The second-order valence-electron chi connectivity index (χ2n) is 10.0. The molecule has 1 atom stereocenters. The lowest BCUT2D eigenvalue weighted by Crippen LogP contribution is -2.47. The first-order chi connectivity index (χ1) is 17.0. The van der Waals surface area contributed by atoms with Gasteiger partial charge < -0.3 is 21.7 Å². The molecule has 2 aromatic carbocycles. The third-order valence-electron chi connectivity index (χ3n) is 6.19. The average molecular weight is 485 g/mol. The molecule has 0 spiro atoms. The molecule has 4 rings (SSSR count). The molecule has 186 valence electrons. The molecule has 0 saturated heterocycles. The Morgan fingerprint density at radius 1 is 1.14 bits per heavy atom. The van der Waals surface area contributed by atoms with E-state index < -0.39 is 11.9 Å². The number of hydrogen-bond donors (Lipinski definition) is 4. The molecule has 36 heavy (non-hydrogen) atoms. The van der Waals surface area contributed by atoms with Gasteiger partial charge in [0.2, 0.25) is 0 Å². The minimum atomic E-state index is -0.545. The van der Waals surface area contributed by atoms with E-state index in [-0.39, 0.29) is 28.5 Å². The van der Waals surface area contributed by atoms with Gasteiger partial charge in [-0.15, -0.1) is 0 Å². The topological polar surface area (TPSA) is 114 Å². The lowest BCUT2D eigenvalue weighted by molar-refractivity contribution is -0.118. The fourth-order valence-electron chi connectivity index (χ4n) is 3.98. The standard InChI is InChI=1S/C28H32N6O2/c1-17(31-26(35)25-24(29)18(2)32-27(36)33-25)20-7-6-8-21(13-20)22-14-30-34(16-22)15-19-9-11-23(12-10-19)28(3,4)5/h6-14,16-17H,2,15,29H2,1,3-5H3,(H,31,35)(H2,32,33,36)/t17-/m1/s1. The monoisotopic (exact) mass is 484 g/mol. The van der Waals surface area contributed by atoms with E-state index in [9.17, 15) is 9.59 Å². The molecule has 1 aliphatic rings. The molecule has 0 radical (unpaired) electrons. The van der Waals surface area contributed by atoms with Crippen LogP contribution in [0.15, 0.2) is 84.6 Å². The third-order valence-corrected chi connectivity index (χ3v) is 6.19. The maximum Gasteiger partial charge on any atom is 0.323 e. The van der Waals surface area contributed by atoms with Crippen LogP contribution in [0, 0.1) is 0 Å². The quantitative estimate of drug-likeness (QED) is 0.422. The van der Waals surface area contributed by atoms with Crippen molar-refractivity contribution in [3.8, 4) is 11.1 Å². The van der Waals surface area contributed by atoms with Crippen LogP contribution in [0.2, 0.25) is 0 Å². The van der Waals surface area contributed by atoms with Crippen LogP contribution >= 0.6 is 0 Å². The number of aromatic nitrogens is 2. The summed E-state index contributed by atoms with van der Waals surface area (Å²) < 4.78 is 1.92. The highest BCUT2D eigenvalue weighted by atomic mass is 16.2. The number of amides is 3. The van der Waals surface area contributed by atoms with Crippen molar-refractivity contribution in [1.82, 2.24) is 25.7 Å². The molecule has 8 heteroatoms. The zero-order valence-electron chi connectivity index (χ0n) is 21.1. The molecule has 0 saturated carbocycles. The van der Waals surface area contributed by atoms with Crippen LogP contribution in [-0.4, -0.2) is 21.7 Å². The van der Waals surface area contributed by atoms with Gasteiger partial charge >= 0.3 is 6.03 Å². The number of nitrogens with zero attached hydrogens (tertiary/aromatic N) is 2. The molecule has 2 heterocycles. The van der Waals surface area contributed by atoms with E-state index in [4.69, 9.17) is 5.73 Å². The lowest BCUT2D eigenvalue weighted by Gasteiger charge is -2.22. The highest BCUT2D eigenvalue weighted by Crippen LogP contribution is 2.25. The number of carbonyl (C=O) groups excluding carboxylic acids is 2. The molecule has 0 aliphatic carbocycles. The van der Waals surface area contributed by atoms with Crippen molar-refractivity contribution < 1.29 is 9.59 Å². The van der Waals surface area contributed by atoms with E-state index in [0.29, 0.717) is 6.54 Å². The minimum Gasteiger partial charge on any atom is -0.395 e. The number of hydrogen-bond acceptors (Lipinski definition) is 4. The largest absolute Gasteiger partial charge is 0.395 e. The minimum absolute atomic E-state index is 0.0106. The molecule has 1 aromatic heterocycles. The number of nitrogens with two attached hydrogens (primary N) is 1. The zero-order chi connectivity index (χ0) is 26.0. The summed E-state index contributed by atoms with van der Waals surface area (Å²) in [5.74, 6) is -0.480. The predicted octanol–water partition coefficient (Wildman–Crippen LogP) is 4.07. The van der Waals surface area contributed by atoms with Crippen LogP contribution < -0.4 is 21.7 Å². The summed E-state index contributed by atoms with van der Waals surface area (Å²) in [5.41, 5.74) is 11.7. The molecule has 0 bridgehead atoms. The van der Waals surface area contributed by atoms with Crippen molar-refractivity contribution in [3.05, 3.63) is 101 Å². The van der Waals surface area contributed by atoms with Crippen molar-refractivity contribution in [2.24, 2.45) is 5.73 Å². The summed E-state index contributed by atoms with van der Waals surface area (Å²) in [5, 5.41) is 12.3. The van der Waals surface area contributed by atoms with Crippen molar-refractivity contribution in [2.45, 2.75) is 45.7 Å². The van der Waals surface area contributed by atoms with Gasteiger partial charge in [-0.2, -0.15) is 5.10 Å². The Morgan fingerprint density at radius 3 is 2.56 bits per heavy atom. The van der Waals surface area contributed by atoms with Crippen molar-refractivity contribution in [3.63, 3.8) is 0 Å². The Bertz CT molecular complexity index is 1340. The number of rotatable bonds is 6. The highest BCUT2D eigenvalue weighted by Gasteiger charge is 2.25. The van der Waals surface area contributed by atoms with E-state index in [1.54, 1.807) is 0 Å². The molecule has 3 amide bonds. The first-order valence-electron chi connectivity index (χ1n) is 11.8. The van der Waals surface area contributed by atoms with Crippen LogP contribution in [0.5, 0.6) is 0 Å².